The van der Waals surface area contributed by atoms with Crippen molar-refractivity contribution in [1.29, 1.82) is 0 Å². The van der Waals surface area contributed by atoms with Gasteiger partial charge in [0.15, 0.2) is 9.84 Å². The summed E-state index contributed by atoms with van der Waals surface area (Å²) in [5.41, 5.74) is 4.73. The van der Waals surface area contributed by atoms with Crippen LogP contribution in [0.15, 0.2) is 81.8 Å². The van der Waals surface area contributed by atoms with Crippen molar-refractivity contribution in [2.45, 2.75) is 70.4 Å². The number of benzene rings is 1. The molecule has 1 aromatic rings. The molecule has 3 nitrogen and oxygen atoms in total. The average molecular weight is 429 g/mol. The molecule has 0 heterocycles. The Kier molecular flexibility index (Phi) is 8.45. The van der Waals surface area contributed by atoms with Gasteiger partial charge in [0.2, 0.25) is 0 Å². The van der Waals surface area contributed by atoms with Crippen LogP contribution in [-0.2, 0) is 9.84 Å². The molecule has 4 heteroatoms. The van der Waals surface area contributed by atoms with E-state index in [-0.39, 0.29) is 12.0 Å². The van der Waals surface area contributed by atoms with Gasteiger partial charge in [0.1, 0.15) is 0 Å². The zero-order valence-electron chi connectivity index (χ0n) is 19.0. The Morgan fingerprint density at radius 3 is 2.43 bits per heavy atom. The van der Waals surface area contributed by atoms with Crippen LogP contribution in [0.1, 0.15) is 60.3 Å². The van der Waals surface area contributed by atoms with Crippen molar-refractivity contribution >= 4 is 9.84 Å². The van der Waals surface area contributed by atoms with E-state index in [2.05, 4.69) is 32.9 Å². The first-order valence-corrected chi connectivity index (χ1v) is 12.3. The molecule has 1 aliphatic rings. The number of aliphatic hydroxyl groups excluding tert-OH is 1. The molecule has 0 saturated heterocycles. The summed E-state index contributed by atoms with van der Waals surface area (Å²) in [7, 11) is -3.54. The highest BCUT2D eigenvalue weighted by molar-refractivity contribution is 7.92. The van der Waals surface area contributed by atoms with Gasteiger partial charge in [0.05, 0.1) is 16.8 Å². The quantitative estimate of drug-likeness (QED) is 0.397. The smallest absolute Gasteiger partial charge is 0.185 e. The first-order chi connectivity index (χ1) is 14.1. The third kappa shape index (κ3) is 6.05. The third-order valence-corrected chi connectivity index (χ3v) is 8.32. The molecule has 164 valence electrons. The van der Waals surface area contributed by atoms with Gasteiger partial charge in [-0.1, -0.05) is 73.1 Å². The minimum absolute atomic E-state index is 0.169. The van der Waals surface area contributed by atoms with Crippen molar-refractivity contribution in [3.05, 3.63) is 76.9 Å². The number of rotatable bonds is 8. The van der Waals surface area contributed by atoms with Crippen LogP contribution in [0.25, 0.3) is 0 Å². The summed E-state index contributed by atoms with van der Waals surface area (Å²) in [6, 6.07) is 8.54. The lowest BCUT2D eigenvalue weighted by Crippen LogP contribution is -2.22. The fourth-order valence-corrected chi connectivity index (χ4v) is 5.99. The monoisotopic (exact) mass is 428 g/mol. The van der Waals surface area contributed by atoms with E-state index in [1.165, 1.54) is 24.0 Å². The molecule has 0 bridgehead atoms. The van der Waals surface area contributed by atoms with E-state index < -0.39 is 15.1 Å². The first-order valence-electron chi connectivity index (χ1n) is 10.7. The third-order valence-electron chi connectivity index (χ3n) is 6.08. The standard InChI is InChI=1S/C26H36O3S/c1-20(13-15-24-21(2)10-9-18-26(24,4)5)14-16-25(22(3)17-19-27)30(28,29)23-11-7-6-8-12-23/h6-8,11-15,17,25,27H,9-10,16,18-19H2,1-5H3/b15-13+,20-14+,22-17+. The molecule has 0 radical (unpaired) electrons. The number of sulfone groups is 1. The Hall–Kier alpha value is -1.91. The van der Waals surface area contributed by atoms with Gasteiger partial charge in [-0.25, -0.2) is 8.42 Å². The molecular formula is C26H36O3S. The van der Waals surface area contributed by atoms with Gasteiger partial charge < -0.3 is 5.11 Å². The Morgan fingerprint density at radius 2 is 1.83 bits per heavy atom. The van der Waals surface area contributed by atoms with E-state index in [1.807, 2.05) is 19.1 Å². The first kappa shape index (κ1) is 24.4. The molecule has 0 aliphatic heterocycles. The van der Waals surface area contributed by atoms with Gasteiger partial charge >= 0.3 is 0 Å². The van der Waals surface area contributed by atoms with Gasteiger partial charge in [0.25, 0.3) is 0 Å². The lowest BCUT2D eigenvalue weighted by Gasteiger charge is -2.33. The maximum absolute atomic E-state index is 13.2. The lowest BCUT2D eigenvalue weighted by molar-refractivity contribution is 0.341. The fourth-order valence-electron chi connectivity index (χ4n) is 4.19. The predicted molar refractivity (Wildman–Crippen MR) is 126 cm³/mol. The Labute approximate surface area is 182 Å². The molecule has 0 amide bonds. The molecule has 1 aliphatic carbocycles. The molecule has 0 aromatic heterocycles. The lowest BCUT2D eigenvalue weighted by atomic mass is 9.72. The Morgan fingerprint density at radius 1 is 1.17 bits per heavy atom. The van der Waals surface area contributed by atoms with Crippen LogP contribution in [0.5, 0.6) is 0 Å². The Bertz CT molecular complexity index is 945. The summed E-state index contributed by atoms with van der Waals surface area (Å²) in [6.45, 7) is 10.4. The number of hydrogen-bond acceptors (Lipinski definition) is 3. The minimum Gasteiger partial charge on any atom is -0.392 e. The summed E-state index contributed by atoms with van der Waals surface area (Å²) in [5, 5.41) is 8.61. The Balaban J connectivity index is 2.28. The van der Waals surface area contributed by atoms with Crippen molar-refractivity contribution in [2.75, 3.05) is 6.61 Å². The van der Waals surface area contributed by atoms with E-state index in [4.69, 9.17) is 0 Å². The number of aliphatic hydroxyl groups is 1. The molecule has 0 spiro atoms. The van der Waals surface area contributed by atoms with Crippen LogP contribution in [0.3, 0.4) is 0 Å². The van der Waals surface area contributed by atoms with Gasteiger partial charge in [0, 0.05) is 0 Å². The van der Waals surface area contributed by atoms with Crippen LogP contribution >= 0.6 is 0 Å². The van der Waals surface area contributed by atoms with Crippen molar-refractivity contribution in [3.63, 3.8) is 0 Å². The van der Waals surface area contributed by atoms with Crippen LogP contribution in [0.2, 0.25) is 0 Å². The number of hydrogen-bond donors (Lipinski definition) is 1. The van der Waals surface area contributed by atoms with Gasteiger partial charge in [-0.05, 0) is 69.6 Å². The number of allylic oxidation sites excluding steroid dienone is 6. The van der Waals surface area contributed by atoms with Crippen LogP contribution < -0.4 is 0 Å². The largest absolute Gasteiger partial charge is 0.392 e. The van der Waals surface area contributed by atoms with Crippen LogP contribution in [0, 0.1) is 5.41 Å². The van der Waals surface area contributed by atoms with E-state index >= 15 is 0 Å². The molecule has 1 N–H and O–H groups in total. The summed E-state index contributed by atoms with van der Waals surface area (Å²) in [4.78, 5) is 0.312. The second kappa shape index (κ2) is 10.4. The van der Waals surface area contributed by atoms with E-state index in [9.17, 15) is 13.5 Å². The van der Waals surface area contributed by atoms with Gasteiger partial charge in [-0.2, -0.15) is 0 Å². The second-order valence-corrected chi connectivity index (χ2v) is 11.1. The highest BCUT2D eigenvalue weighted by atomic mass is 32.2. The molecule has 0 saturated carbocycles. The second-order valence-electron chi connectivity index (χ2n) is 8.93. The maximum atomic E-state index is 13.2. The van der Waals surface area contributed by atoms with Gasteiger partial charge in [-0.3, -0.25) is 0 Å². The molecule has 1 unspecified atom stereocenters. The van der Waals surface area contributed by atoms with Crippen molar-refractivity contribution in [3.8, 4) is 0 Å². The zero-order valence-corrected chi connectivity index (χ0v) is 19.8. The van der Waals surface area contributed by atoms with E-state index in [1.54, 1.807) is 37.3 Å². The summed E-state index contributed by atoms with van der Waals surface area (Å²) >= 11 is 0. The molecule has 0 fully saturated rings. The summed E-state index contributed by atoms with van der Waals surface area (Å²) in [6.07, 6.45) is 11.8. The fraction of sp³-hybridized carbons (Fsp3) is 0.462. The summed E-state index contributed by atoms with van der Waals surface area (Å²) < 4.78 is 26.4. The maximum Gasteiger partial charge on any atom is 0.185 e. The normalized spacial score (nSPS) is 19.4. The topological polar surface area (TPSA) is 54.4 Å². The predicted octanol–water partition coefficient (Wildman–Crippen LogP) is 6.19. The van der Waals surface area contributed by atoms with E-state index in [0.717, 1.165) is 12.0 Å². The minimum atomic E-state index is -3.54. The molecule has 1 aromatic carbocycles. The highest BCUT2D eigenvalue weighted by Crippen LogP contribution is 2.40. The van der Waals surface area contributed by atoms with Crippen molar-refractivity contribution in [2.24, 2.45) is 5.41 Å². The summed E-state index contributed by atoms with van der Waals surface area (Å²) in [5.74, 6) is 0. The molecular weight excluding hydrogens is 392 g/mol. The van der Waals surface area contributed by atoms with Crippen molar-refractivity contribution < 1.29 is 13.5 Å². The molecule has 30 heavy (non-hydrogen) atoms. The SMILES string of the molecule is CC1=C(/C=C/C(C)=C/CC(/C(C)=C/CO)S(=O)(=O)c2ccccc2)C(C)(C)CCC1. The van der Waals surface area contributed by atoms with Crippen LogP contribution in [0.4, 0.5) is 0 Å². The average Bonchev–Trinajstić information content (AvgIpc) is 2.68. The van der Waals surface area contributed by atoms with Crippen molar-refractivity contribution in [1.82, 2.24) is 0 Å². The van der Waals surface area contributed by atoms with E-state index in [0.29, 0.717) is 16.9 Å². The molecule has 1 atom stereocenters. The zero-order chi connectivity index (χ0) is 22.4. The highest BCUT2D eigenvalue weighted by Gasteiger charge is 2.28. The van der Waals surface area contributed by atoms with Gasteiger partial charge in [-0.15, -0.1) is 0 Å². The molecule has 2 rings (SSSR count). The van der Waals surface area contributed by atoms with Crippen LogP contribution in [-0.4, -0.2) is 25.4 Å².